The summed E-state index contributed by atoms with van der Waals surface area (Å²) in [5.74, 6) is 0.524. The molecule has 0 bridgehead atoms. The summed E-state index contributed by atoms with van der Waals surface area (Å²) < 4.78 is 5.42. The van der Waals surface area contributed by atoms with Crippen LogP contribution in [0.3, 0.4) is 0 Å². The Morgan fingerprint density at radius 3 is 2.50 bits per heavy atom. The summed E-state index contributed by atoms with van der Waals surface area (Å²) in [7, 11) is 0. The Labute approximate surface area is 84.5 Å². The minimum Gasteiger partial charge on any atom is -0.474 e. The van der Waals surface area contributed by atoms with Gasteiger partial charge in [-0.2, -0.15) is 0 Å². The van der Waals surface area contributed by atoms with Gasteiger partial charge in [-0.3, -0.25) is 4.98 Å². The molecule has 0 aromatic carbocycles. The molecule has 4 nitrogen and oxygen atoms in total. The van der Waals surface area contributed by atoms with Crippen LogP contribution in [0.2, 0.25) is 0 Å². The van der Waals surface area contributed by atoms with Crippen LogP contribution in [0.5, 0.6) is 5.88 Å². The molecule has 2 N–H and O–H groups in total. The summed E-state index contributed by atoms with van der Waals surface area (Å²) in [6, 6.07) is 0. The first kappa shape index (κ1) is 10.9. The molecule has 0 saturated heterocycles. The van der Waals surface area contributed by atoms with Crippen LogP contribution in [0.25, 0.3) is 0 Å². The van der Waals surface area contributed by atoms with Gasteiger partial charge in [-0.05, 0) is 27.7 Å². The predicted octanol–water partition coefficient (Wildman–Crippen LogP) is 1.46. The summed E-state index contributed by atoms with van der Waals surface area (Å²) in [6.45, 7) is 7.66. The lowest BCUT2D eigenvalue weighted by Crippen LogP contribution is -2.30. The first-order chi connectivity index (χ1) is 6.39. The van der Waals surface area contributed by atoms with Crippen molar-refractivity contribution >= 4 is 0 Å². The third-order valence-corrected chi connectivity index (χ3v) is 1.63. The Morgan fingerprint density at radius 1 is 1.36 bits per heavy atom. The van der Waals surface area contributed by atoms with Gasteiger partial charge in [-0.25, -0.2) is 4.98 Å². The van der Waals surface area contributed by atoms with Crippen molar-refractivity contribution in [3.05, 3.63) is 18.1 Å². The van der Waals surface area contributed by atoms with E-state index in [2.05, 4.69) is 9.97 Å². The molecule has 0 radical (unpaired) electrons. The normalized spacial score (nSPS) is 11.9. The number of aromatic nitrogens is 2. The highest BCUT2D eigenvalue weighted by atomic mass is 16.5. The van der Waals surface area contributed by atoms with Crippen molar-refractivity contribution in [3.63, 3.8) is 0 Å². The molecule has 0 atom stereocenters. The quantitative estimate of drug-likeness (QED) is 0.793. The van der Waals surface area contributed by atoms with Crippen LogP contribution in [0.4, 0.5) is 0 Å². The van der Waals surface area contributed by atoms with Crippen molar-refractivity contribution < 1.29 is 4.74 Å². The van der Waals surface area contributed by atoms with E-state index < -0.39 is 5.54 Å². The molecule has 0 fully saturated rings. The van der Waals surface area contributed by atoms with Crippen molar-refractivity contribution in [1.82, 2.24) is 9.97 Å². The first-order valence-electron chi connectivity index (χ1n) is 4.67. The van der Waals surface area contributed by atoms with E-state index in [4.69, 9.17) is 10.5 Å². The Kier molecular flexibility index (Phi) is 3.06. The van der Waals surface area contributed by atoms with E-state index >= 15 is 0 Å². The fourth-order valence-electron chi connectivity index (χ4n) is 0.957. The van der Waals surface area contributed by atoms with Gasteiger partial charge in [0.05, 0.1) is 29.7 Å². The summed E-state index contributed by atoms with van der Waals surface area (Å²) in [5.41, 5.74) is 6.15. The molecular formula is C10H17N3O. The van der Waals surface area contributed by atoms with Gasteiger partial charge in [-0.15, -0.1) is 0 Å². The molecule has 0 aliphatic heterocycles. The number of hydrogen-bond donors (Lipinski definition) is 1. The standard InChI is InChI=1S/C10H17N3O/c1-7(2)14-9-6-12-5-8(13-9)10(3,4)11/h5-7H,11H2,1-4H3. The average Bonchev–Trinajstić information content (AvgIpc) is 2.01. The van der Waals surface area contributed by atoms with Crippen molar-refractivity contribution in [1.29, 1.82) is 0 Å². The topological polar surface area (TPSA) is 61.0 Å². The lowest BCUT2D eigenvalue weighted by molar-refractivity contribution is 0.229. The van der Waals surface area contributed by atoms with Crippen LogP contribution in [0.1, 0.15) is 33.4 Å². The van der Waals surface area contributed by atoms with Crippen LogP contribution in [0, 0.1) is 0 Å². The van der Waals surface area contributed by atoms with E-state index in [0.717, 1.165) is 5.69 Å². The van der Waals surface area contributed by atoms with Crippen molar-refractivity contribution in [2.45, 2.75) is 39.3 Å². The lowest BCUT2D eigenvalue weighted by Gasteiger charge is -2.18. The molecule has 1 aromatic rings. The van der Waals surface area contributed by atoms with Crippen LogP contribution >= 0.6 is 0 Å². The molecule has 0 aliphatic rings. The van der Waals surface area contributed by atoms with Crippen LogP contribution in [0.15, 0.2) is 12.4 Å². The van der Waals surface area contributed by atoms with E-state index in [-0.39, 0.29) is 6.10 Å². The minimum absolute atomic E-state index is 0.0976. The molecule has 78 valence electrons. The highest BCUT2D eigenvalue weighted by molar-refractivity contribution is 5.14. The zero-order chi connectivity index (χ0) is 10.8. The van der Waals surface area contributed by atoms with Gasteiger partial charge in [-0.1, -0.05) is 0 Å². The Balaban J connectivity index is 2.90. The Morgan fingerprint density at radius 2 is 2.00 bits per heavy atom. The van der Waals surface area contributed by atoms with E-state index in [1.165, 1.54) is 0 Å². The van der Waals surface area contributed by atoms with E-state index in [0.29, 0.717) is 5.88 Å². The number of rotatable bonds is 3. The maximum atomic E-state index is 5.90. The summed E-state index contributed by atoms with van der Waals surface area (Å²) in [4.78, 5) is 8.31. The van der Waals surface area contributed by atoms with Crippen LogP contribution in [-0.2, 0) is 5.54 Å². The molecule has 14 heavy (non-hydrogen) atoms. The van der Waals surface area contributed by atoms with E-state index in [1.54, 1.807) is 12.4 Å². The van der Waals surface area contributed by atoms with Crippen molar-refractivity contribution in [2.24, 2.45) is 5.73 Å². The highest BCUT2D eigenvalue weighted by Crippen LogP contribution is 2.16. The smallest absolute Gasteiger partial charge is 0.232 e. The maximum Gasteiger partial charge on any atom is 0.232 e. The largest absolute Gasteiger partial charge is 0.474 e. The fraction of sp³-hybridized carbons (Fsp3) is 0.600. The molecule has 0 saturated carbocycles. The fourth-order valence-corrected chi connectivity index (χ4v) is 0.957. The van der Waals surface area contributed by atoms with Gasteiger partial charge in [0, 0.05) is 0 Å². The van der Waals surface area contributed by atoms with Gasteiger partial charge in [0.1, 0.15) is 0 Å². The molecule has 1 aromatic heterocycles. The Hall–Kier alpha value is -1.16. The predicted molar refractivity (Wildman–Crippen MR) is 55.0 cm³/mol. The molecule has 0 aliphatic carbocycles. The minimum atomic E-state index is -0.483. The van der Waals surface area contributed by atoms with Crippen molar-refractivity contribution in [3.8, 4) is 5.88 Å². The van der Waals surface area contributed by atoms with Gasteiger partial charge in [0.15, 0.2) is 0 Å². The van der Waals surface area contributed by atoms with Crippen LogP contribution in [-0.4, -0.2) is 16.1 Å². The molecular weight excluding hydrogens is 178 g/mol. The maximum absolute atomic E-state index is 5.90. The zero-order valence-electron chi connectivity index (χ0n) is 9.11. The third kappa shape index (κ3) is 2.96. The second-order valence-corrected chi connectivity index (χ2v) is 4.13. The lowest BCUT2D eigenvalue weighted by atomic mass is 10.0. The third-order valence-electron chi connectivity index (χ3n) is 1.63. The van der Waals surface area contributed by atoms with E-state index in [9.17, 15) is 0 Å². The summed E-state index contributed by atoms with van der Waals surface area (Å²) in [5, 5.41) is 0. The van der Waals surface area contributed by atoms with Crippen molar-refractivity contribution in [2.75, 3.05) is 0 Å². The number of nitrogens with zero attached hydrogens (tertiary/aromatic N) is 2. The monoisotopic (exact) mass is 195 g/mol. The molecule has 1 heterocycles. The number of ether oxygens (including phenoxy) is 1. The zero-order valence-corrected chi connectivity index (χ0v) is 9.11. The first-order valence-corrected chi connectivity index (χ1v) is 4.67. The van der Waals surface area contributed by atoms with Gasteiger partial charge < -0.3 is 10.5 Å². The molecule has 1 rings (SSSR count). The summed E-state index contributed by atoms with van der Waals surface area (Å²) in [6.07, 6.45) is 3.35. The molecule has 0 amide bonds. The second-order valence-electron chi connectivity index (χ2n) is 4.13. The summed E-state index contributed by atoms with van der Waals surface area (Å²) >= 11 is 0. The molecule has 0 unspecified atom stereocenters. The molecule has 0 spiro atoms. The molecule has 4 heteroatoms. The van der Waals surface area contributed by atoms with Gasteiger partial charge in [0.2, 0.25) is 5.88 Å². The van der Waals surface area contributed by atoms with Gasteiger partial charge in [0.25, 0.3) is 0 Å². The van der Waals surface area contributed by atoms with Gasteiger partial charge >= 0.3 is 0 Å². The number of nitrogens with two attached hydrogens (primary N) is 1. The average molecular weight is 195 g/mol. The number of hydrogen-bond acceptors (Lipinski definition) is 4. The van der Waals surface area contributed by atoms with E-state index in [1.807, 2.05) is 27.7 Å². The van der Waals surface area contributed by atoms with Crippen LogP contribution < -0.4 is 10.5 Å². The Bertz CT molecular complexity index is 304. The highest BCUT2D eigenvalue weighted by Gasteiger charge is 2.17. The second kappa shape index (κ2) is 3.92. The SMILES string of the molecule is CC(C)Oc1cncc(C(C)(C)N)n1.